The van der Waals surface area contributed by atoms with Crippen LogP contribution in [0.15, 0.2) is 12.1 Å². The second-order valence-corrected chi connectivity index (χ2v) is 5.19. The lowest BCUT2D eigenvalue weighted by Gasteiger charge is -2.24. The molecule has 0 saturated heterocycles. The molecule has 2 nitrogen and oxygen atoms in total. The summed E-state index contributed by atoms with van der Waals surface area (Å²) in [6, 6.07) is 2.86. The van der Waals surface area contributed by atoms with Gasteiger partial charge in [0.05, 0.1) is 12.3 Å². The zero-order valence-corrected chi connectivity index (χ0v) is 10.7. The van der Waals surface area contributed by atoms with Crippen LogP contribution in [0.1, 0.15) is 26.3 Å². The standard InChI is InChI=1S/C13H19F2NO/c1-13(2,3)9-7-10(14)12(15)11(8-9)16(4)5-6-17/h7-8,17H,5-6H2,1-4H3. The molecule has 0 unspecified atom stereocenters. The largest absolute Gasteiger partial charge is 0.395 e. The molecule has 0 aliphatic carbocycles. The van der Waals surface area contributed by atoms with Crippen LogP contribution in [-0.2, 0) is 5.41 Å². The summed E-state index contributed by atoms with van der Waals surface area (Å²) in [5.74, 6) is -1.72. The van der Waals surface area contributed by atoms with Crippen molar-refractivity contribution in [1.29, 1.82) is 0 Å². The molecule has 0 heterocycles. The fraction of sp³-hybridized carbons (Fsp3) is 0.538. The molecule has 0 aromatic heterocycles. The molecule has 0 fully saturated rings. The van der Waals surface area contributed by atoms with Crippen molar-refractivity contribution in [3.8, 4) is 0 Å². The monoisotopic (exact) mass is 243 g/mol. The number of rotatable bonds is 3. The zero-order chi connectivity index (χ0) is 13.2. The topological polar surface area (TPSA) is 23.5 Å². The summed E-state index contributed by atoms with van der Waals surface area (Å²) in [4.78, 5) is 1.51. The van der Waals surface area contributed by atoms with Crippen molar-refractivity contribution in [2.75, 3.05) is 25.1 Å². The molecule has 1 aromatic carbocycles. The Morgan fingerprint density at radius 3 is 2.29 bits per heavy atom. The Hall–Kier alpha value is -1.16. The quantitative estimate of drug-likeness (QED) is 0.882. The highest BCUT2D eigenvalue weighted by atomic mass is 19.2. The predicted octanol–water partition coefficient (Wildman–Crippen LogP) is 2.69. The second kappa shape index (κ2) is 5.00. The number of aliphatic hydroxyl groups is 1. The van der Waals surface area contributed by atoms with Gasteiger partial charge in [0.2, 0.25) is 0 Å². The highest BCUT2D eigenvalue weighted by Gasteiger charge is 2.20. The third-order valence-electron chi connectivity index (χ3n) is 2.72. The summed E-state index contributed by atoms with van der Waals surface area (Å²) in [5.41, 5.74) is 0.670. The number of halogens is 2. The predicted molar refractivity (Wildman–Crippen MR) is 65.4 cm³/mol. The second-order valence-electron chi connectivity index (χ2n) is 5.19. The highest BCUT2D eigenvalue weighted by molar-refractivity contribution is 5.51. The Bertz CT molecular complexity index is 399. The molecule has 1 aromatic rings. The Morgan fingerprint density at radius 1 is 1.24 bits per heavy atom. The first kappa shape index (κ1) is 13.9. The summed E-state index contributed by atoms with van der Waals surface area (Å²) in [5, 5.41) is 8.83. The summed E-state index contributed by atoms with van der Waals surface area (Å²) in [7, 11) is 1.63. The first-order chi connectivity index (χ1) is 7.77. The van der Waals surface area contributed by atoms with Crippen LogP contribution in [0, 0.1) is 11.6 Å². The fourth-order valence-corrected chi connectivity index (χ4v) is 1.56. The third-order valence-corrected chi connectivity index (χ3v) is 2.72. The average molecular weight is 243 g/mol. The molecule has 0 radical (unpaired) electrons. The third kappa shape index (κ3) is 3.16. The molecule has 4 heteroatoms. The smallest absolute Gasteiger partial charge is 0.182 e. The van der Waals surface area contributed by atoms with Gasteiger partial charge in [0, 0.05) is 13.6 Å². The Balaban J connectivity index is 3.25. The number of benzene rings is 1. The molecule has 0 bridgehead atoms. The molecule has 0 saturated carbocycles. The van der Waals surface area contributed by atoms with Crippen LogP contribution in [-0.4, -0.2) is 25.3 Å². The van der Waals surface area contributed by atoms with Gasteiger partial charge in [-0.25, -0.2) is 8.78 Å². The van der Waals surface area contributed by atoms with E-state index in [9.17, 15) is 8.78 Å². The van der Waals surface area contributed by atoms with E-state index in [2.05, 4.69) is 0 Å². The van der Waals surface area contributed by atoms with E-state index in [1.54, 1.807) is 13.1 Å². The molecule has 0 aliphatic heterocycles. The van der Waals surface area contributed by atoms with E-state index in [-0.39, 0.29) is 24.3 Å². The maximum atomic E-state index is 13.6. The van der Waals surface area contributed by atoms with Gasteiger partial charge in [-0.2, -0.15) is 0 Å². The lowest BCUT2D eigenvalue weighted by Crippen LogP contribution is -2.24. The van der Waals surface area contributed by atoms with Gasteiger partial charge in [0.15, 0.2) is 11.6 Å². The van der Waals surface area contributed by atoms with Gasteiger partial charge in [-0.15, -0.1) is 0 Å². The minimum atomic E-state index is -0.867. The zero-order valence-electron chi connectivity index (χ0n) is 10.7. The van der Waals surface area contributed by atoms with Crippen LogP contribution in [0.3, 0.4) is 0 Å². The van der Waals surface area contributed by atoms with Crippen molar-refractivity contribution < 1.29 is 13.9 Å². The summed E-state index contributed by atoms with van der Waals surface area (Å²) in [6.07, 6.45) is 0. The number of aliphatic hydroxyl groups excluding tert-OH is 1. The van der Waals surface area contributed by atoms with Crippen LogP contribution in [0.25, 0.3) is 0 Å². The number of hydrogen-bond acceptors (Lipinski definition) is 2. The van der Waals surface area contributed by atoms with E-state index in [1.807, 2.05) is 20.8 Å². The van der Waals surface area contributed by atoms with Crippen LogP contribution in [0.4, 0.5) is 14.5 Å². The average Bonchev–Trinajstić information content (AvgIpc) is 2.20. The van der Waals surface area contributed by atoms with Crippen molar-refractivity contribution in [2.45, 2.75) is 26.2 Å². The van der Waals surface area contributed by atoms with Crippen molar-refractivity contribution in [2.24, 2.45) is 0 Å². The summed E-state index contributed by atoms with van der Waals surface area (Å²) >= 11 is 0. The van der Waals surface area contributed by atoms with Gasteiger partial charge < -0.3 is 10.0 Å². The summed E-state index contributed by atoms with van der Waals surface area (Å²) < 4.78 is 27.2. The van der Waals surface area contributed by atoms with E-state index in [1.165, 1.54) is 11.0 Å². The Labute approximate surface area is 101 Å². The maximum Gasteiger partial charge on any atom is 0.182 e. The van der Waals surface area contributed by atoms with Crippen molar-refractivity contribution >= 4 is 5.69 Å². The molecule has 0 atom stereocenters. The van der Waals surface area contributed by atoms with Gasteiger partial charge in [0.1, 0.15) is 0 Å². The minimum absolute atomic E-state index is 0.0999. The highest BCUT2D eigenvalue weighted by Crippen LogP contribution is 2.29. The summed E-state index contributed by atoms with van der Waals surface area (Å²) in [6.45, 7) is 5.99. The molecular weight excluding hydrogens is 224 g/mol. The first-order valence-corrected chi connectivity index (χ1v) is 5.59. The fourth-order valence-electron chi connectivity index (χ4n) is 1.56. The SMILES string of the molecule is CN(CCO)c1cc(C(C)(C)C)cc(F)c1F. The Morgan fingerprint density at radius 2 is 1.82 bits per heavy atom. The molecule has 1 N–H and O–H groups in total. The number of anilines is 1. The van der Waals surface area contributed by atoms with Gasteiger partial charge in [-0.05, 0) is 23.1 Å². The van der Waals surface area contributed by atoms with Gasteiger partial charge in [-0.3, -0.25) is 0 Å². The van der Waals surface area contributed by atoms with Crippen molar-refractivity contribution in [3.05, 3.63) is 29.3 Å². The molecule has 0 aliphatic rings. The number of nitrogens with zero attached hydrogens (tertiary/aromatic N) is 1. The van der Waals surface area contributed by atoms with Gasteiger partial charge in [-0.1, -0.05) is 20.8 Å². The molecule has 17 heavy (non-hydrogen) atoms. The van der Waals surface area contributed by atoms with Crippen LogP contribution < -0.4 is 4.90 Å². The molecule has 1 rings (SSSR count). The van der Waals surface area contributed by atoms with Crippen molar-refractivity contribution in [3.63, 3.8) is 0 Å². The van der Waals surface area contributed by atoms with E-state index in [4.69, 9.17) is 5.11 Å². The molecule has 0 amide bonds. The van der Waals surface area contributed by atoms with Crippen LogP contribution in [0.5, 0.6) is 0 Å². The van der Waals surface area contributed by atoms with E-state index < -0.39 is 11.6 Å². The van der Waals surface area contributed by atoms with Crippen molar-refractivity contribution in [1.82, 2.24) is 0 Å². The van der Waals surface area contributed by atoms with Gasteiger partial charge >= 0.3 is 0 Å². The lowest BCUT2D eigenvalue weighted by molar-refractivity contribution is 0.303. The van der Waals surface area contributed by atoms with E-state index in [0.717, 1.165) is 5.56 Å². The van der Waals surface area contributed by atoms with Gasteiger partial charge in [0.25, 0.3) is 0 Å². The minimum Gasteiger partial charge on any atom is -0.395 e. The molecule has 0 spiro atoms. The number of hydrogen-bond donors (Lipinski definition) is 1. The molecule has 96 valence electrons. The molecular formula is C13H19F2NO. The first-order valence-electron chi connectivity index (χ1n) is 5.59. The maximum absolute atomic E-state index is 13.6. The van der Waals surface area contributed by atoms with E-state index in [0.29, 0.717) is 0 Å². The number of likely N-dealkylation sites (N-methyl/N-ethyl adjacent to an activating group) is 1. The van der Waals surface area contributed by atoms with Crippen LogP contribution in [0.2, 0.25) is 0 Å². The normalized spacial score (nSPS) is 11.7. The van der Waals surface area contributed by atoms with Crippen LogP contribution >= 0.6 is 0 Å². The lowest BCUT2D eigenvalue weighted by atomic mass is 9.86. The Kier molecular flexibility index (Phi) is 4.09. The van der Waals surface area contributed by atoms with E-state index >= 15 is 0 Å².